The van der Waals surface area contributed by atoms with Crippen molar-refractivity contribution in [2.75, 3.05) is 24.6 Å². The molecule has 0 saturated carbocycles. The molecule has 0 N–H and O–H groups in total. The van der Waals surface area contributed by atoms with Crippen LogP contribution in [0.4, 0.5) is 10.5 Å². The Morgan fingerprint density at radius 1 is 0.909 bits per heavy atom. The van der Waals surface area contributed by atoms with Crippen molar-refractivity contribution < 1.29 is 14.3 Å². The summed E-state index contributed by atoms with van der Waals surface area (Å²) in [6, 6.07) is 25.5. The van der Waals surface area contributed by atoms with Gasteiger partial charge in [-0.05, 0) is 54.2 Å². The van der Waals surface area contributed by atoms with Crippen molar-refractivity contribution >= 4 is 17.6 Å². The minimum absolute atomic E-state index is 0.122. The number of aromatic nitrogens is 2. The molecule has 0 aliphatic carbocycles. The Kier molecular flexibility index (Phi) is 8.59. The number of carbonyl (C=O) groups excluding carboxylic acids is 2. The molecule has 2 aromatic heterocycles. The third-order valence-corrected chi connectivity index (χ3v) is 8.44. The van der Waals surface area contributed by atoms with Crippen molar-refractivity contribution in [2.45, 2.75) is 51.7 Å². The molecule has 1 spiro atoms. The molecule has 2 aliphatic heterocycles. The van der Waals surface area contributed by atoms with E-state index in [-0.39, 0.29) is 25.0 Å². The van der Waals surface area contributed by atoms with Crippen LogP contribution in [0.3, 0.4) is 0 Å². The van der Waals surface area contributed by atoms with E-state index < -0.39 is 5.54 Å². The number of nitrogens with zero attached hydrogens (tertiary/aromatic N) is 5. The first-order valence-electron chi connectivity index (χ1n) is 15.4. The SMILES string of the molecule is CC(C)CN1CCC2(C(=O)N(Cc3ccccn3)C(=O)N2Cc2cccnc2)c2ccc(OCCCc3ccccc3)cc21. The Balaban J connectivity index is 1.35. The van der Waals surface area contributed by atoms with Gasteiger partial charge in [0.1, 0.15) is 5.75 Å². The van der Waals surface area contributed by atoms with Crippen LogP contribution in [-0.4, -0.2) is 51.4 Å². The summed E-state index contributed by atoms with van der Waals surface area (Å²) in [4.78, 5) is 42.9. The van der Waals surface area contributed by atoms with Crippen LogP contribution in [0.25, 0.3) is 0 Å². The van der Waals surface area contributed by atoms with Gasteiger partial charge in [0.2, 0.25) is 0 Å². The lowest BCUT2D eigenvalue weighted by Crippen LogP contribution is -2.53. The third kappa shape index (κ3) is 5.89. The quantitative estimate of drug-likeness (QED) is 0.153. The van der Waals surface area contributed by atoms with Gasteiger partial charge in [0, 0.05) is 55.4 Å². The Morgan fingerprint density at radius 2 is 1.73 bits per heavy atom. The fourth-order valence-corrected chi connectivity index (χ4v) is 6.41. The van der Waals surface area contributed by atoms with Crippen molar-refractivity contribution in [3.8, 4) is 5.75 Å². The molecule has 2 aromatic carbocycles. The molecule has 1 atom stereocenters. The van der Waals surface area contributed by atoms with E-state index in [9.17, 15) is 9.59 Å². The Bertz CT molecular complexity index is 1580. The van der Waals surface area contributed by atoms with Crippen LogP contribution in [0, 0.1) is 5.92 Å². The number of urea groups is 1. The van der Waals surface area contributed by atoms with Gasteiger partial charge in [-0.3, -0.25) is 19.7 Å². The van der Waals surface area contributed by atoms with Crippen LogP contribution < -0.4 is 9.64 Å². The van der Waals surface area contributed by atoms with Gasteiger partial charge in [-0.25, -0.2) is 4.79 Å². The summed E-state index contributed by atoms with van der Waals surface area (Å²) in [6.07, 6.45) is 7.49. The predicted molar refractivity (Wildman–Crippen MR) is 170 cm³/mol. The molecular formula is C36H39N5O3. The molecule has 0 radical (unpaired) electrons. The number of imide groups is 1. The van der Waals surface area contributed by atoms with Crippen LogP contribution in [0.15, 0.2) is 97.5 Å². The smallest absolute Gasteiger partial charge is 0.328 e. The highest BCUT2D eigenvalue weighted by Gasteiger charge is 2.60. The Hall–Kier alpha value is -4.72. The first kappa shape index (κ1) is 29.4. The highest BCUT2D eigenvalue weighted by atomic mass is 16.5. The average molecular weight is 590 g/mol. The number of pyridine rings is 2. The molecule has 0 bridgehead atoms. The second-order valence-corrected chi connectivity index (χ2v) is 12.0. The van der Waals surface area contributed by atoms with E-state index in [0.717, 1.165) is 42.0 Å². The average Bonchev–Trinajstić information content (AvgIpc) is 3.23. The molecule has 3 amide bonds. The maximum Gasteiger partial charge on any atom is 0.328 e. The maximum absolute atomic E-state index is 14.6. The number of amides is 3. The molecule has 4 heterocycles. The lowest BCUT2D eigenvalue weighted by molar-refractivity contribution is -0.134. The molecule has 1 saturated heterocycles. The first-order valence-corrected chi connectivity index (χ1v) is 15.4. The second kappa shape index (κ2) is 12.9. The first-order chi connectivity index (χ1) is 21.5. The van der Waals surface area contributed by atoms with Gasteiger partial charge in [-0.1, -0.05) is 62.4 Å². The normalized spacial score (nSPS) is 17.9. The summed E-state index contributed by atoms with van der Waals surface area (Å²) >= 11 is 0. The van der Waals surface area contributed by atoms with Crippen LogP contribution >= 0.6 is 0 Å². The van der Waals surface area contributed by atoms with Gasteiger partial charge in [0.05, 0.1) is 25.4 Å². The number of ether oxygens (including phenoxy) is 1. The highest BCUT2D eigenvalue weighted by Crippen LogP contribution is 2.49. The molecule has 6 rings (SSSR count). The number of hydrogen-bond acceptors (Lipinski definition) is 6. The molecule has 8 nitrogen and oxygen atoms in total. The van der Waals surface area contributed by atoms with Crippen LogP contribution in [-0.2, 0) is 29.8 Å². The summed E-state index contributed by atoms with van der Waals surface area (Å²) in [7, 11) is 0. The monoisotopic (exact) mass is 589 g/mol. The molecule has 2 aliphatic rings. The third-order valence-electron chi connectivity index (χ3n) is 8.44. The maximum atomic E-state index is 14.6. The molecule has 8 heteroatoms. The van der Waals surface area contributed by atoms with Gasteiger partial charge in [-0.15, -0.1) is 0 Å². The number of benzene rings is 2. The number of anilines is 1. The van der Waals surface area contributed by atoms with Gasteiger partial charge < -0.3 is 14.5 Å². The van der Waals surface area contributed by atoms with Crippen molar-refractivity contribution in [1.29, 1.82) is 0 Å². The zero-order chi connectivity index (χ0) is 30.5. The fourth-order valence-electron chi connectivity index (χ4n) is 6.41. The number of rotatable bonds is 11. The lowest BCUT2D eigenvalue weighted by atomic mass is 9.80. The van der Waals surface area contributed by atoms with E-state index >= 15 is 0 Å². The molecule has 226 valence electrons. The van der Waals surface area contributed by atoms with E-state index in [1.807, 2.05) is 48.5 Å². The Labute approximate surface area is 259 Å². The van der Waals surface area contributed by atoms with Crippen molar-refractivity contribution in [3.05, 3.63) is 120 Å². The molecule has 1 fully saturated rings. The molecule has 4 aromatic rings. The minimum Gasteiger partial charge on any atom is -0.494 e. The van der Waals surface area contributed by atoms with Crippen LogP contribution in [0.1, 0.15) is 49.1 Å². The van der Waals surface area contributed by atoms with Gasteiger partial charge in [0.25, 0.3) is 5.91 Å². The fraction of sp³-hybridized carbons (Fsp3) is 0.333. The summed E-state index contributed by atoms with van der Waals surface area (Å²) in [5, 5.41) is 0. The number of carbonyl (C=O) groups is 2. The lowest BCUT2D eigenvalue weighted by Gasteiger charge is -2.45. The van der Waals surface area contributed by atoms with E-state index in [0.29, 0.717) is 31.2 Å². The van der Waals surface area contributed by atoms with E-state index in [4.69, 9.17) is 4.74 Å². The minimum atomic E-state index is -1.14. The van der Waals surface area contributed by atoms with Crippen molar-refractivity contribution in [2.24, 2.45) is 5.92 Å². The second-order valence-electron chi connectivity index (χ2n) is 12.0. The molecule has 44 heavy (non-hydrogen) atoms. The molecular weight excluding hydrogens is 550 g/mol. The van der Waals surface area contributed by atoms with Crippen molar-refractivity contribution in [1.82, 2.24) is 19.8 Å². The number of aryl methyl sites for hydroxylation is 1. The van der Waals surface area contributed by atoms with Crippen LogP contribution in [0.5, 0.6) is 5.75 Å². The summed E-state index contributed by atoms with van der Waals surface area (Å²) in [6.45, 7) is 6.86. The zero-order valence-electron chi connectivity index (χ0n) is 25.4. The summed E-state index contributed by atoms with van der Waals surface area (Å²) < 4.78 is 6.25. The van der Waals surface area contributed by atoms with E-state index in [1.54, 1.807) is 23.5 Å². The van der Waals surface area contributed by atoms with Crippen LogP contribution in [0.2, 0.25) is 0 Å². The summed E-state index contributed by atoms with van der Waals surface area (Å²) in [5.41, 5.74) is 3.48. The number of fused-ring (bicyclic) bond motifs is 2. The van der Waals surface area contributed by atoms with Gasteiger partial charge in [0.15, 0.2) is 5.54 Å². The topological polar surface area (TPSA) is 78.9 Å². The summed E-state index contributed by atoms with van der Waals surface area (Å²) in [5.74, 6) is 0.975. The van der Waals surface area contributed by atoms with Crippen molar-refractivity contribution in [3.63, 3.8) is 0 Å². The zero-order valence-corrected chi connectivity index (χ0v) is 25.4. The predicted octanol–water partition coefficient (Wildman–Crippen LogP) is 6.21. The van der Waals surface area contributed by atoms with Gasteiger partial charge in [-0.2, -0.15) is 0 Å². The molecule has 1 unspecified atom stereocenters. The Morgan fingerprint density at radius 3 is 2.48 bits per heavy atom. The van der Waals surface area contributed by atoms with E-state index in [1.165, 1.54) is 10.5 Å². The van der Waals surface area contributed by atoms with E-state index in [2.05, 4.69) is 59.0 Å². The standard InChI is InChI=1S/C36H39N5O3/c1-27(2)24-39-20-17-36(32-16-15-31(22-33(32)39)44-21-9-13-28-10-4-3-5-11-28)34(42)40(26-30-14-6-7-19-38-30)35(43)41(36)25-29-12-8-18-37-23-29/h3-8,10-12,14-16,18-19,22-23,27H,9,13,17,20-21,24-26H2,1-2H3. The highest BCUT2D eigenvalue weighted by molar-refractivity contribution is 6.08. The van der Waals surface area contributed by atoms with Gasteiger partial charge >= 0.3 is 6.03 Å². The largest absolute Gasteiger partial charge is 0.494 e. The number of hydrogen-bond donors (Lipinski definition) is 0.